The van der Waals surface area contributed by atoms with Crippen LogP contribution in [-0.2, 0) is 23.2 Å². The third kappa shape index (κ3) is 4.26. The molecule has 0 amide bonds. The highest BCUT2D eigenvalue weighted by atomic mass is 32.2. The third-order valence-corrected chi connectivity index (χ3v) is 2.70. The van der Waals surface area contributed by atoms with Gasteiger partial charge in [-0.05, 0) is 7.05 Å². The maximum absolute atomic E-state index is 11.6. The fraction of sp³-hybridized carbons (Fsp3) is 0.667. The number of anilines is 2. The molecule has 1 aliphatic rings. The number of likely N-dealkylation sites (N-methyl/N-ethyl adjacent to an activating group) is 1. The third-order valence-electron chi connectivity index (χ3n) is 2.70. The van der Waals surface area contributed by atoms with Crippen LogP contribution in [0.4, 0.5) is 11.5 Å². The van der Waals surface area contributed by atoms with Crippen LogP contribution >= 0.6 is 0 Å². The first-order chi connectivity index (χ1) is 8.61. The molecular formula is C9H19N5O4S. The van der Waals surface area contributed by atoms with Crippen molar-refractivity contribution in [1.29, 1.82) is 0 Å². The van der Waals surface area contributed by atoms with Gasteiger partial charge in [0.1, 0.15) is 11.5 Å². The van der Waals surface area contributed by atoms with Crippen molar-refractivity contribution >= 4 is 21.6 Å². The number of hydrogen-bond acceptors (Lipinski definition) is 6. The summed E-state index contributed by atoms with van der Waals surface area (Å²) in [5.74, 6) is 0.394. The van der Waals surface area contributed by atoms with Gasteiger partial charge in [-0.3, -0.25) is 14.0 Å². The Hall–Kier alpha value is -1.52. The Balaban J connectivity index is 0.000000312. The summed E-state index contributed by atoms with van der Waals surface area (Å²) in [4.78, 5) is 13.8. The van der Waals surface area contributed by atoms with E-state index in [2.05, 4.69) is 4.90 Å². The molecule has 1 aromatic rings. The van der Waals surface area contributed by atoms with Crippen LogP contribution < -0.4 is 17.0 Å². The molecular weight excluding hydrogens is 274 g/mol. The molecule has 2 rings (SSSR count). The second-order valence-electron chi connectivity index (χ2n) is 4.39. The molecule has 9 nitrogen and oxygen atoms in total. The molecule has 110 valence electrons. The van der Waals surface area contributed by atoms with Crippen molar-refractivity contribution in [2.45, 2.75) is 13.1 Å². The largest absolute Gasteiger partial charge is 0.391 e. The number of hydrogen-bond donors (Lipinski definition) is 3. The average Bonchev–Trinajstić information content (AvgIpc) is 2.44. The summed E-state index contributed by atoms with van der Waals surface area (Å²) in [6.45, 7) is 3.10. The van der Waals surface area contributed by atoms with Crippen LogP contribution in [0.3, 0.4) is 0 Å². The molecule has 1 aliphatic heterocycles. The molecule has 0 bridgehead atoms. The summed E-state index contributed by atoms with van der Waals surface area (Å²) in [7, 11) is -1.64. The minimum absolute atomic E-state index is 0.169. The van der Waals surface area contributed by atoms with Crippen LogP contribution in [0, 0.1) is 0 Å². The van der Waals surface area contributed by atoms with Crippen molar-refractivity contribution in [2.75, 3.05) is 37.9 Å². The number of nitrogens with zero attached hydrogens (tertiary/aromatic N) is 3. The van der Waals surface area contributed by atoms with Crippen molar-refractivity contribution in [3.8, 4) is 0 Å². The van der Waals surface area contributed by atoms with Gasteiger partial charge in [0.25, 0.3) is 15.7 Å². The van der Waals surface area contributed by atoms with E-state index in [1.54, 1.807) is 9.36 Å². The highest BCUT2D eigenvalue weighted by Crippen LogP contribution is 2.12. The quantitative estimate of drug-likeness (QED) is 0.483. The highest BCUT2D eigenvalue weighted by Gasteiger charge is 2.18. The van der Waals surface area contributed by atoms with Gasteiger partial charge < -0.3 is 16.4 Å². The van der Waals surface area contributed by atoms with Crippen molar-refractivity contribution < 1.29 is 13.0 Å². The summed E-state index contributed by atoms with van der Waals surface area (Å²) in [5, 5.41) is 0. The van der Waals surface area contributed by atoms with Crippen LogP contribution in [0.1, 0.15) is 0 Å². The molecule has 1 aromatic heterocycles. The number of nitrogens with two attached hydrogens (primary N) is 2. The highest BCUT2D eigenvalue weighted by molar-refractivity contribution is 7.85. The van der Waals surface area contributed by atoms with Gasteiger partial charge in [0, 0.05) is 13.1 Å². The molecule has 0 unspecified atom stereocenters. The predicted octanol–water partition coefficient (Wildman–Crippen LogP) is -1.74. The van der Waals surface area contributed by atoms with E-state index in [0.717, 1.165) is 19.6 Å². The van der Waals surface area contributed by atoms with Gasteiger partial charge in [-0.2, -0.15) is 8.42 Å². The Bertz CT molecular complexity index is 595. The lowest BCUT2D eigenvalue weighted by molar-refractivity contribution is 0.339. The molecule has 10 heteroatoms. The van der Waals surface area contributed by atoms with E-state index in [1.165, 1.54) is 0 Å². The average molecular weight is 293 g/mol. The van der Waals surface area contributed by atoms with Crippen LogP contribution in [0.5, 0.6) is 0 Å². The van der Waals surface area contributed by atoms with Crippen LogP contribution in [0.2, 0.25) is 0 Å². The summed E-state index contributed by atoms with van der Waals surface area (Å²) in [6.07, 6.45) is 0.715. The lowest BCUT2D eigenvalue weighted by Crippen LogP contribution is -2.25. The molecule has 0 radical (unpaired) electrons. The van der Waals surface area contributed by atoms with Gasteiger partial charge in [0.15, 0.2) is 0 Å². The Morgan fingerprint density at radius 2 is 1.53 bits per heavy atom. The second-order valence-corrected chi connectivity index (χ2v) is 5.85. The molecule has 0 aliphatic carbocycles. The van der Waals surface area contributed by atoms with Gasteiger partial charge >= 0.3 is 0 Å². The first kappa shape index (κ1) is 15.5. The predicted molar refractivity (Wildman–Crippen MR) is 72.5 cm³/mol. The van der Waals surface area contributed by atoms with Gasteiger partial charge in [-0.25, -0.2) is 4.68 Å². The molecule has 2 heterocycles. The fourth-order valence-electron chi connectivity index (χ4n) is 1.73. The monoisotopic (exact) mass is 293 g/mol. The fourth-order valence-corrected chi connectivity index (χ4v) is 1.73. The Morgan fingerprint density at radius 3 is 2.00 bits per heavy atom. The lowest BCUT2D eigenvalue weighted by atomic mass is 10.4. The van der Waals surface area contributed by atoms with E-state index >= 15 is 0 Å². The number of rotatable bonds is 0. The smallest absolute Gasteiger partial charge is 0.292 e. The van der Waals surface area contributed by atoms with Gasteiger partial charge in [-0.15, -0.1) is 0 Å². The van der Waals surface area contributed by atoms with E-state index in [4.69, 9.17) is 16.0 Å². The van der Waals surface area contributed by atoms with Gasteiger partial charge in [0.2, 0.25) is 0 Å². The maximum atomic E-state index is 11.6. The van der Waals surface area contributed by atoms with E-state index < -0.39 is 10.1 Å². The summed E-state index contributed by atoms with van der Waals surface area (Å²) in [6, 6.07) is 0. The SMILES string of the molecule is CN1CCn2c(N)c(N)c(=O)n2CC1.CS(=O)(=O)O. The van der Waals surface area contributed by atoms with Crippen LogP contribution in [0.25, 0.3) is 0 Å². The van der Waals surface area contributed by atoms with Gasteiger partial charge in [-0.1, -0.05) is 0 Å². The van der Waals surface area contributed by atoms with E-state index in [1.807, 2.05) is 7.05 Å². The van der Waals surface area contributed by atoms with Crippen molar-refractivity contribution in [1.82, 2.24) is 14.3 Å². The normalized spacial score (nSPS) is 16.2. The first-order valence-electron chi connectivity index (χ1n) is 5.56. The standard InChI is InChI=1S/C8H15N5O.CH4O3S/c1-11-2-4-12-7(10)6(9)8(14)13(12)5-3-11;1-5(2,3)4/h2-5,9-10H2,1H3;1H3,(H,2,3,4). The first-order valence-corrected chi connectivity index (χ1v) is 7.41. The molecule has 0 spiro atoms. The maximum Gasteiger partial charge on any atom is 0.292 e. The molecule has 5 N–H and O–H groups in total. The summed E-state index contributed by atoms with van der Waals surface area (Å²) >= 11 is 0. The molecule has 0 saturated heterocycles. The van der Waals surface area contributed by atoms with Crippen LogP contribution in [-0.4, -0.2) is 53.6 Å². The topological polar surface area (TPSA) is 137 Å². The lowest BCUT2D eigenvalue weighted by Gasteiger charge is -2.10. The zero-order chi connectivity index (χ0) is 14.8. The van der Waals surface area contributed by atoms with Crippen molar-refractivity contribution in [3.63, 3.8) is 0 Å². The molecule has 0 atom stereocenters. The number of nitrogen functional groups attached to an aromatic ring is 2. The van der Waals surface area contributed by atoms with Crippen molar-refractivity contribution in [3.05, 3.63) is 10.4 Å². The van der Waals surface area contributed by atoms with Gasteiger partial charge in [0.05, 0.1) is 19.3 Å². The van der Waals surface area contributed by atoms with E-state index in [9.17, 15) is 13.2 Å². The summed E-state index contributed by atoms with van der Waals surface area (Å²) in [5.41, 5.74) is 11.3. The molecule has 0 fully saturated rings. The molecule has 0 saturated carbocycles. The molecule has 19 heavy (non-hydrogen) atoms. The van der Waals surface area contributed by atoms with E-state index in [-0.39, 0.29) is 11.2 Å². The molecule has 0 aromatic carbocycles. The van der Waals surface area contributed by atoms with Crippen molar-refractivity contribution in [2.24, 2.45) is 0 Å². The minimum atomic E-state index is -3.67. The minimum Gasteiger partial charge on any atom is -0.391 e. The number of aromatic nitrogens is 2. The van der Waals surface area contributed by atoms with Crippen LogP contribution in [0.15, 0.2) is 4.79 Å². The Kier molecular flexibility index (Phi) is 4.61. The Morgan fingerprint density at radius 1 is 1.11 bits per heavy atom. The second kappa shape index (κ2) is 5.63. The summed E-state index contributed by atoms with van der Waals surface area (Å²) < 4.78 is 29.3. The zero-order valence-corrected chi connectivity index (χ0v) is 11.7. The Labute approximate surface area is 111 Å². The number of fused-ring (bicyclic) bond motifs is 1. The van der Waals surface area contributed by atoms with E-state index in [0.29, 0.717) is 18.6 Å². The zero-order valence-electron chi connectivity index (χ0n) is 10.9.